The van der Waals surface area contributed by atoms with Crippen molar-refractivity contribution in [1.82, 2.24) is 20.1 Å². The van der Waals surface area contributed by atoms with Crippen molar-refractivity contribution in [2.45, 2.75) is 52.1 Å². The summed E-state index contributed by atoms with van der Waals surface area (Å²) >= 11 is 0. The Kier molecular flexibility index (Phi) is 3.82. The average Bonchev–Trinajstić information content (AvgIpc) is 3.20. The molecule has 0 unspecified atom stereocenters. The van der Waals surface area contributed by atoms with Gasteiger partial charge in [0, 0.05) is 23.7 Å². The molecule has 1 aliphatic rings. The van der Waals surface area contributed by atoms with Gasteiger partial charge in [-0.15, -0.1) is 0 Å². The first kappa shape index (κ1) is 15.9. The molecule has 6 nitrogen and oxygen atoms in total. The van der Waals surface area contributed by atoms with E-state index in [1.165, 1.54) is 0 Å². The second kappa shape index (κ2) is 6.02. The molecule has 1 amide bonds. The summed E-state index contributed by atoms with van der Waals surface area (Å²) in [6, 6.07) is 3.99. The Morgan fingerprint density at radius 2 is 2.28 bits per heavy atom. The fourth-order valence-corrected chi connectivity index (χ4v) is 3.58. The van der Waals surface area contributed by atoms with Gasteiger partial charge in [0.2, 0.25) is 0 Å². The first-order chi connectivity index (χ1) is 12.0. The SMILES string of the molecule is Cc1cc(C(=O)N[C@@H]2CCCc3occc32)c2cnn(C(C)C)c2n1. The molecule has 0 bridgehead atoms. The molecule has 0 saturated heterocycles. The van der Waals surface area contributed by atoms with Gasteiger partial charge in [-0.3, -0.25) is 4.79 Å². The zero-order valence-corrected chi connectivity index (χ0v) is 14.7. The Bertz CT molecular complexity index is 938. The van der Waals surface area contributed by atoms with Crippen LogP contribution in [0, 0.1) is 6.92 Å². The van der Waals surface area contributed by atoms with Crippen LogP contribution in [0.25, 0.3) is 11.0 Å². The van der Waals surface area contributed by atoms with E-state index in [9.17, 15) is 4.79 Å². The van der Waals surface area contributed by atoms with Crippen molar-refractivity contribution < 1.29 is 9.21 Å². The fraction of sp³-hybridized carbons (Fsp3) is 0.421. The van der Waals surface area contributed by atoms with Gasteiger partial charge in [0.05, 0.1) is 29.5 Å². The third kappa shape index (κ3) is 2.71. The van der Waals surface area contributed by atoms with Crippen LogP contribution in [0.4, 0.5) is 0 Å². The summed E-state index contributed by atoms with van der Waals surface area (Å²) in [5.41, 5.74) is 3.30. The van der Waals surface area contributed by atoms with Crippen LogP contribution in [0.5, 0.6) is 0 Å². The Morgan fingerprint density at radius 1 is 1.44 bits per heavy atom. The van der Waals surface area contributed by atoms with Crippen LogP contribution in [0.1, 0.15) is 66.1 Å². The molecule has 130 valence electrons. The van der Waals surface area contributed by atoms with Gasteiger partial charge in [-0.1, -0.05) is 0 Å². The predicted octanol–water partition coefficient (Wildman–Crippen LogP) is 3.72. The molecule has 0 fully saturated rings. The molecule has 6 heteroatoms. The highest BCUT2D eigenvalue weighted by molar-refractivity contribution is 6.05. The first-order valence-corrected chi connectivity index (χ1v) is 8.76. The maximum Gasteiger partial charge on any atom is 0.252 e. The van der Waals surface area contributed by atoms with Crippen LogP contribution < -0.4 is 5.32 Å². The van der Waals surface area contributed by atoms with Crippen LogP contribution in [0.3, 0.4) is 0 Å². The molecule has 0 aromatic carbocycles. The third-order valence-electron chi connectivity index (χ3n) is 4.79. The number of hydrogen-bond acceptors (Lipinski definition) is 4. The molecule has 1 N–H and O–H groups in total. The zero-order valence-electron chi connectivity index (χ0n) is 14.7. The van der Waals surface area contributed by atoms with Gasteiger partial charge in [0.25, 0.3) is 5.91 Å². The largest absolute Gasteiger partial charge is 0.469 e. The monoisotopic (exact) mass is 338 g/mol. The van der Waals surface area contributed by atoms with Crippen molar-refractivity contribution in [2.75, 3.05) is 0 Å². The van der Waals surface area contributed by atoms with Crippen molar-refractivity contribution >= 4 is 16.9 Å². The van der Waals surface area contributed by atoms with Gasteiger partial charge in [-0.2, -0.15) is 5.10 Å². The number of fused-ring (bicyclic) bond motifs is 2. The van der Waals surface area contributed by atoms with Crippen molar-refractivity contribution in [3.63, 3.8) is 0 Å². The van der Waals surface area contributed by atoms with Gasteiger partial charge < -0.3 is 9.73 Å². The van der Waals surface area contributed by atoms with Gasteiger partial charge in [-0.05, 0) is 45.7 Å². The lowest BCUT2D eigenvalue weighted by molar-refractivity contribution is 0.0933. The quantitative estimate of drug-likeness (QED) is 0.790. The van der Waals surface area contributed by atoms with E-state index in [4.69, 9.17) is 4.42 Å². The van der Waals surface area contributed by atoms with E-state index in [0.717, 1.165) is 47.3 Å². The lowest BCUT2D eigenvalue weighted by Crippen LogP contribution is -2.30. The molecule has 25 heavy (non-hydrogen) atoms. The Labute approximate surface area is 146 Å². The summed E-state index contributed by atoms with van der Waals surface area (Å²) in [4.78, 5) is 17.6. The highest BCUT2D eigenvalue weighted by Crippen LogP contribution is 2.31. The topological polar surface area (TPSA) is 73.0 Å². The van der Waals surface area contributed by atoms with E-state index in [0.29, 0.717) is 5.56 Å². The summed E-state index contributed by atoms with van der Waals surface area (Å²) < 4.78 is 7.37. The predicted molar refractivity (Wildman–Crippen MR) is 94.5 cm³/mol. The number of furan rings is 1. The molecular formula is C19H22N4O2. The number of nitrogens with one attached hydrogen (secondary N) is 1. The molecule has 3 heterocycles. The van der Waals surface area contributed by atoms with E-state index in [1.54, 1.807) is 12.5 Å². The number of pyridine rings is 1. The van der Waals surface area contributed by atoms with Crippen LogP contribution in [0.2, 0.25) is 0 Å². The van der Waals surface area contributed by atoms with Crippen molar-refractivity contribution in [1.29, 1.82) is 0 Å². The number of rotatable bonds is 3. The highest BCUT2D eigenvalue weighted by Gasteiger charge is 2.25. The van der Waals surface area contributed by atoms with Crippen LogP contribution in [-0.2, 0) is 6.42 Å². The van der Waals surface area contributed by atoms with Gasteiger partial charge in [0.1, 0.15) is 5.76 Å². The van der Waals surface area contributed by atoms with Crippen LogP contribution in [0.15, 0.2) is 29.0 Å². The second-order valence-electron chi connectivity index (χ2n) is 6.95. The van der Waals surface area contributed by atoms with Crippen LogP contribution in [-0.4, -0.2) is 20.7 Å². The summed E-state index contributed by atoms with van der Waals surface area (Å²) in [6.45, 7) is 6.01. The van der Waals surface area contributed by atoms with E-state index >= 15 is 0 Å². The molecule has 3 aromatic heterocycles. The summed E-state index contributed by atoms with van der Waals surface area (Å²) in [5.74, 6) is 0.901. The standard InChI is InChI=1S/C19H22N4O2/c1-11(2)23-18-15(10-20-23)14(9-12(3)21-18)19(24)22-16-5-4-6-17-13(16)7-8-25-17/h7-11,16H,4-6H2,1-3H3,(H,22,24)/t16-/m1/s1. The molecule has 0 radical (unpaired) electrons. The number of hydrogen-bond donors (Lipinski definition) is 1. The van der Waals surface area contributed by atoms with E-state index < -0.39 is 0 Å². The molecule has 0 spiro atoms. The Balaban J connectivity index is 1.70. The lowest BCUT2D eigenvalue weighted by Gasteiger charge is -2.23. The van der Waals surface area contributed by atoms with Gasteiger partial charge in [-0.25, -0.2) is 9.67 Å². The van der Waals surface area contributed by atoms with Crippen LogP contribution >= 0.6 is 0 Å². The number of carbonyl (C=O) groups is 1. The zero-order chi connectivity index (χ0) is 17.6. The maximum atomic E-state index is 13.0. The minimum absolute atomic E-state index is 0.00124. The van der Waals surface area contributed by atoms with Gasteiger partial charge in [0.15, 0.2) is 5.65 Å². The first-order valence-electron chi connectivity index (χ1n) is 8.76. The van der Waals surface area contributed by atoms with Crippen molar-refractivity contribution in [2.24, 2.45) is 0 Å². The molecular weight excluding hydrogens is 316 g/mol. The molecule has 3 aromatic rings. The minimum atomic E-state index is -0.0853. The summed E-state index contributed by atoms with van der Waals surface area (Å²) in [7, 11) is 0. The second-order valence-corrected chi connectivity index (χ2v) is 6.95. The summed E-state index contributed by atoms with van der Waals surface area (Å²) in [6.07, 6.45) is 6.32. The number of aromatic nitrogens is 3. The number of carbonyl (C=O) groups excluding carboxylic acids is 1. The van der Waals surface area contributed by atoms with E-state index in [-0.39, 0.29) is 18.0 Å². The fourth-order valence-electron chi connectivity index (χ4n) is 3.58. The molecule has 1 aliphatic carbocycles. The normalized spacial score (nSPS) is 17.0. The minimum Gasteiger partial charge on any atom is -0.469 e. The van der Waals surface area contributed by atoms with E-state index in [1.807, 2.05) is 23.7 Å². The summed E-state index contributed by atoms with van der Waals surface area (Å²) in [5, 5.41) is 8.38. The number of amides is 1. The third-order valence-corrected chi connectivity index (χ3v) is 4.79. The van der Waals surface area contributed by atoms with Gasteiger partial charge >= 0.3 is 0 Å². The van der Waals surface area contributed by atoms with Crippen molar-refractivity contribution in [3.05, 3.63) is 47.2 Å². The maximum absolute atomic E-state index is 13.0. The molecule has 0 aliphatic heterocycles. The number of aryl methyl sites for hydroxylation is 2. The number of nitrogens with zero attached hydrogens (tertiary/aromatic N) is 3. The average molecular weight is 338 g/mol. The molecule has 1 atom stereocenters. The molecule has 0 saturated carbocycles. The highest BCUT2D eigenvalue weighted by atomic mass is 16.3. The Hall–Kier alpha value is -2.63. The smallest absolute Gasteiger partial charge is 0.252 e. The lowest BCUT2D eigenvalue weighted by atomic mass is 9.93. The molecule has 4 rings (SSSR count). The Morgan fingerprint density at radius 3 is 3.08 bits per heavy atom. The van der Waals surface area contributed by atoms with Crippen molar-refractivity contribution in [3.8, 4) is 0 Å². The van der Waals surface area contributed by atoms with E-state index in [2.05, 4.69) is 29.2 Å².